The Bertz CT molecular complexity index is 3260. The van der Waals surface area contributed by atoms with E-state index in [0.29, 0.717) is 50.3 Å². The van der Waals surface area contributed by atoms with Crippen LogP contribution >= 0.6 is 0 Å². The van der Waals surface area contributed by atoms with E-state index in [9.17, 15) is 14.4 Å². The summed E-state index contributed by atoms with van der Waals surface area (Å²) in [6, 6.07) is 63.9. The van der Waals surface area contributed by atoms with Crippen LogP contribution in [0, 0.1) is 0 Å². The first-order valence-electron chi connectivity index (χ1n) is 21.7. The van der Waals surface area contributed by atoms with Crippen LogP contribution in [0.3, 0.4) is 0 Å². The number of benzene rings is 10. The summed E-state index contributed by atoms with van der Waals surface area (Å²) in [4.78, 5) is 43.3. The van der Waals surface area contributed by atoms with Crippen molar-refractivity contribution in [2.75, 3.05) is 0 Å². The van der Waals surface area contributed by atoms with E-state index in [0.717, 1.165) is 16.2 Å². The van der Waals surface area contributed by atoms with E-state index in [-0.39, 0.29) is 33.9 Å². The molecule has 0 amide bonds. The highest BCUT2D eigenvalue weighted by Gasteiger charge is 2.24. The molecule has 0 heterocycles. The Morgan fingerprint density at radius 1 is 0.275 bits per heavy atom. The molecular formula is C57H36N6O6. The van der Waals surface area contributed by atoms with Gasteiger partial charge in [-0.3, -0.25) is 0 Å². The first kappa shape index (κ1) is 43.1. The van der Waals surface area contributed by atoms with Crippen molar-refractivity contribution >= 4 is 84.3 Å². The van der Waals surface area contributed by atoms with E-state index in [1.165, 1.54) is 18.2 Å². The summed E-state index contributed by atoms with van der Waals surface area (Å²) in [5, 5.41) is 31.4. The van der Waals surface area contributed by atoms with Gasteiger partial charge in [0.2, 0.25) is 0 Å². The molecule has 0 saturated carbocycles. The van der Waals surface area contributed by atoms with Crippen molar-refractivity contribution in [1.29, 1.82) is 0 Å². The molecule has 69 heavy (non-hydrogen) atoms. The van der Waals surface area contributed by atoms with E-state index in [2.05, 4.69) is 30.7 Å². The standard InChI is InChI=1S/C57H36N6O6/c64-55(67-49-31-28-37-16-10-13-25-46(37)52(49)61-58-43-19-4-1-5-20-43)40-34-41(56(65)68-50-32-29-38-17-11-14-26-47(38)53(50)62-59-44-21-6-2-7-22-44)36-42(35-40)57(66)69-51-33-30-39-18-12-15-27-48(39)54(51)63-60-45-23-8-3-9-24-45/h1-36H. The fourth-order valence-corrected chi connectivity index (χ4v) is 7.53. The van der Waals surface area contributed by atoms with Crippen LogP contribution < -0.4 is 14.2 Å². The Morgan fingerprint density at radius 2 is 0.536 bits per heavy atom. The van der Waals surface area contributed by atoms with Gasteiger partial charge in [0, 0.05) is 16.2 Å². The van der Waals surface area contributed by atoms with Gasteiger partial charge in [-0.2, -0.15) is 15.3 Å². The topological polar surface area (TPSA) is 153 Å². The van der Waals surface area contributed by atoms with Gasteiger partial charge >= 0.3 is 17.9 Å². The molecule has 0 aromatic heterocycles. The van der Waals surface area contributed by atoms with Gasteiger partial charge in [-0.1, -0.05) is 146 Å². The number of nitrogens with zero attached hydrogens (tertiary/aromatic N) is 6. The van der Waals surface area contributed by atoms with E-state index >= 15 is 0 Å². The van der Waals surface area contributed by atoms with Crippen LogP contribution in [-0.4, -0.2) is 17.9 Å². The first-order valence-corrected chi connectivity index (χ1v) is 21.7. The van der Waals surface area contributed by atoms with Gasteiger partial charge in [-0.15, -0.1) is 15.3 Å². The van der Waals surface area contributed by atoms with Crippen molar-refractivity contribution in [1.82, 2.24) is 0 Å². The molecule has 0 atom stereocenters. The van der Waals surface area contributed by atoms with Crippen molar-refractivity contribution in [3.8, 4) is 17.2 Å². The molecule has 12 heteroatoms. The van der Waals surface area contributed by atoms with Crippen LogP contribution in [0.2, 0.25) is 0 Å². The molecular weight excluding hydrogens is 865 g/mol. The summed E-state index contributed by atoms with van der Waals surface area (Å²) in [7, 11) is 0. The zero-order valence-corrected chi connectivity index (χ0v) is 36.4. The quantitative estimate of drug-likeness (QED) is 0.0676. The fraction of sp³-hybridized carbons (Fsp3) is 0. The minimum Gasteiger partial charge on any atom is -0.421 e. The number of esters is 3. The molecule has 0 N–H and O–H groups in total. The Hall–Kier alpha value is -9.81. The molecule has 10 aromatic carbocycles. The highest BCUT2D eigenvalue weighted by Crippen LogP contribution is 2.41. The second-order valence-corrected chi connectivity index (χ2v) is 15.5. The SMILES string of the molecule is O=C(Oc1ccc2ccccc2c1N=Nc1ccccc1)c1cc(C(=O)Oc2ccc3ccccc3c2N=Nc2ccccc2)cc(C(=O)Oc2ccc3ccccc3c2N=Nc2ccccc2)c1. The lowest BCUT2D eigenvalue weighted by atomic mass is 10.0. The van der Waals surface area contributed by atoms with Crippen LogP contribution in [0.1, 0.15) is 31.1 Å². The van der Waals surface area contributed by atoms with Crippen LogP contribution in [0.15, 0.2) is 249 Å². The van der Waals surface area contributed by atoms with Gasteiger partial charge < -0.3 is 14.2 Å². The summed E-state index contributed by atoms with van der Waals surface area (Å²) >= 11 is 0. The van der Waals surface area contributed by atoms with Crippen molar-refractivity contribution in [2.45, 2.75) is 0 Å². The Morgan fingerprint density at radius 3 is 0.826 bits per heavy atom. The van der Waals surface area contributed by atoms with E-state index in [1.807, 2.05) is 127 Å². The lowest BCUT2D eigenvalue weighted by Gasteiger charge is -2.13. The third-order valence-electron chi connectivity index (χ3n) is 10.9. The van der Waals surface area contributed by atoms with Crippen molar-refractivity contribution in [2.24, 2.45) is 30.7 Å². The molecule has 0 aliphatic carbocycles. The Labute approximate surface area is 394 Å². The summed E-state index contributed by atoms with van der Waals surface area (Å²) < 4.78 is 18.2. The van der Waals surface area contributed by atoms with E-state index in [1.54, 1.807) is 72.8 Å². The molecule has 0 saturated heterocycles. The number of hydrogen-bond acceptors (Lipinski definition) is 12. The van der Waals surface area contributed by atoms with Crippen molar-refractivity contribution in [3.63, 3.8) is 0 Å². The molecule has 0 radical (unpaired) electrons. The molecule has 330 valence electrons. The molecule has 0 fully saturated rings. The average molecular weight is 901 g/mol. The van der Waals surface area contributed by atoms with Gasteiger partial charge in [0.1, 0.15) is 17.1 Å². The average Bonchev–Trinajstić information content (AvgIpc) is 3.40. The number of carbonyl (C=O) groups excluding carboxylic acids is 3. The van der Waals surface area contributed by atoms with Crippen molar-refractivity contribution < 1.29 is 28.6 Å². The second kappa shape index (κ2) is 19.7. The number of hydrogen-bond donors (Lipinski definition) is 0. The van der Waals surface area contributed by atoms with Gasteiger partial charge in [0.25, 0.3) is 0 Å². The molecule has 0 bridgehead atoms. The molecule has 0 spiro atoms. The number of fused-ring (bicyclic) bond motifs is 3. The normalized spacial score (nSPS) is 11.5. The van der Waals surface area contributed by atoms with Crippen LogP contribution in [-0.2, 0) is 0 Å². The summed E-state index contributed by atoms with van der Waals surface area (Å²) in [5.41, 5.74) is 2.15. The monoisotopic (exact) mass is 900 g/mol. The lowest BCUT2D eigenvalue weighted by molar-refractivity contribution is 0.0735. The third kappa shape index (κ3) is 9.76. The Kier molecular flexibility index (Phi) is 12.3. The Balaban J connectivity index is 1.04. The smallest absolute Gasteiger partial charge is 0.343 e. The van der Waals surface area contributed by atoms with Crippen LogP contribution in [0.4, 0.5) is 34.1 Å². The molecule has 0 aliphatic rings. The van der Waals surface area contributed by atoms with Gasteiger partial charge in [-0.05, 0) is 89.0 Å². The van der Waals surface area contributed by atoms with Crippen LogP contribution in [0.5, 0.6) is 17.2 Å². The first-order chi connectivity index (χ1) is 33.9. The van der Waals surface area contributed by atoms with Crippen LogP contribution in [0.25, 0.3) is 32.3 Å². The minimum atomic E-state index is -0.906. The van der Waals surface area contributed by atoms with E-state index < -0.39 is 17.9 Å². The predicted molar refractivity (Wildman–Crippen MR) is 265 cm³/mol. The largest absolute Gasteiger partial charge is 0.421 e. The number of rotatable bonds is 12. The number of azo groups is 3. The maximum atomic E-state index is 14.4. The predicted octanol–water partition coefficient (Wildman–Crippen LogP) is 16.0. The highest BCUT2D eigenvalue weighted by atomic mass is 16.5. The fourth-order valence-electron chi connectivity index (χ4n) is 7.53. The van der Waals surface area contributed by atoms with Crippen molar-refractivity contribution in [3.05, 3.63) is 235 Å². The van der Waals surface area contributed by atoms with Gasteiger partial charge in [0.05, 0.1) is 33.8 Å². The lowest BCUT2D eigenvalue weighted by Crippen LogP contribution is -2.17. The maximum Gasteiger partial charge on any atom is 0.343 e. The maximum absolute atomic E-state index is 14.4. The zero-order chi connectivity index (χ0) is 46.9. The molecule has 10 aromatic rings. The minimum absolute atomic E-state index is 0.0876. The zero-order valence-electron chi connectivity index (χ0n) is 36.4. The molecule has 0 unspecified atom stereocenters. The van der Waals surface area contributed by atoms with Gasteiger partial charge in [0.15, 0.2) is 17.2 Å². The highest BCUT2D eigenvalue weighted by molar-refractivity contribution is 6.05. The second-order valence-electron chi connectivity index (χ2n) is 15.5. The van der Waals surface area contributed by atoms with E-state index in [4.69, 9.17) is 14.2 Å². The third-order valence-corrected chi connectivity index (χ3v) is 10.9. The molecule has 10 rings (SSSR count). The molecule has 0 aliphatic heterocycles. The summed E-state index contributed by atoms with van der Waals surface area (Å²) in [6.45, 7) is 0. The number of carbonyl (C=O) groups is 3. The number of ether oxygens (including phenoxy) is 3. The summed E-state index contributed by atoms with van der Waals surface area (Å²) in [6.07, 6.45) is 0. The summed E-state index contributed by atoms with van der Waals surface area (Å²) in [5.74, 6) is -2.46. The van der Waals surface area contributed by atoms with Gasteiger partial charge in [-0.25, -0.2) is 14.4 Å². The molecule has 12 nitrogen and oxygen atoms in total.